The van der Waals surface area contributed by atoms with Crippen molar-refractivity contribution in [1.29, 1.82) is 0 Å². The Bertz CT molecular complexity index is 1440. The molecule has 0 radical (unpaired) electrons. The van der Waals surface area contributed by atoms with Crippen LogP contribution in [0.25, 0.3) is 10.9 Å². The number of primary amides is 1. The molecule has 2 aromatic heterocycles. The summed E-state index contributed by atoms with van der Waals surface area (Å²) in [5.41, 5.74) is 7.27. The first-order chi connectivity index (χ1) is 19.0. The quantitative estimate of drug-likeness (QED) is 0.277. The Morgan fingerprint density at radius 2 is 2.00 bits per heavy atom. The summed E-state index contributed by atoms with van der Waals surface area (Å²) in [5.74, 6) is 0.609. The molecule has 0 aliphatic carbocycles. The number of piperidine rings is 1. The van der Waals surface area contributed by atoms with Gasteiger partial charge in [0.25, 0.3) is 0 Å². The highest BCUT2D eigenvalue weighted by Gasteiger charge is 2.22. The van der Waals surface area contributed by atoms with E-state index in [4.69, 9.17) is 15.2 Å². The molecule has 1 atom stereocenters. The highest BCUT2D eigenvalue weighted by Crippen LogP contribution is 2.35. The predicted molar refractivity (Wildman–Crippen MR) is 146 cm³/mol. The molecular formula is C28H32FN7O3. The zero-order valence-corrected chi connectivity index (χ0v) is 21.8. The van der Waals surface area contributed by atoms with Gasteiger partial charge in [0.05, 0.1) is 31.1 Å². The lowest BCUT2D eigenvalue weighted by Gasteiger charge is -2.26. The summed E-state index contributed by atoms with van der Waals surface area (Å²) < 4.78 is 26.8. The normalized spacial score (nSPS) is 14.7. The first-order valence-electron chi connectivity index (χ1n) is 13.1. The number of carbonyl (C=O) groups excluding carboxylic acids is 1. The van der Waals surface area contributed by atoms with Crippen LogP contribution in [0.4, 0.5) is 15.9 Å². The fourth-order valence-electron chi connectivity index (χ4n) is 4.89. The van der Waals surface area contributed by atoms with Crippen LogP contribution >= 0.6 is 0 Å². The minimum Gasteiger partial charge on any atom is -0.493 e. The van der Waals surface area contributed by atoms with Crippen molar-refractivity contribution in [2.24, 2.45) is 5.73 Å². The monoisotopic (exact) mass is 533 g/mol. The molecule has 39 heavy (non-hydrogen) atoms. The molecule has 1 aliphatic rings. The summed E-state index contributed by atoms with van der Waals surface area (Å²) in [6, 6.07) is 8.44. The van der Waals surface area contributed by atoms with Gasteiger partial charge in [0.1, 0.15) is 18.0 Å². The Morgan fingerprint density at radius 3 is 2.77 bits per heavy atom. The number of likely N-dealkylation sites (tertiary alicyclic amines) is 1. The van der Waals surface area contributed by atoms with E-state index >= 15 is 0 Å². The SMILES string of the molecule is COc1cc2c(Nc3cnn(C(C(N)=O)c4cccc(F)c4)c3)ncnc2cc1OCCCN1CCCCC1. The maximum Gasteiger partial charge on any atom is 0.246 e. The van der Waals surface area contributed by atoms with Gasteiger partial charge in [-0.05, 0) is 56.1 Å². The molecule has 0 spiro atoms. The van der Waals surface area contributed by atoms with E-state index in [0.29, 0.717) is 40.7 Å². The predicted octanol–water partition coefficient (Wildman–Crippen LogP) is 4.05. The molecule has 1 amide bonds. The molecule has 4 aromatic rings. The third-order valence-electron chi connectivity index (χ3n) is 6.81. The Balaban J connectivity index is 1.32. The highest BCUT2D eigenvalue weighted by molar-refractivity contribution is 5.93. The molecule has 11 heteroatoms. The molecule has 10 nitrogen and oxygen atoms in total. The molecule has 2 aromatic carbocycles. The molecule has 5 rings (SSSR count). The van der Waals surface area contributed by atoms with Crippen molar-refractivity contribution < 1.29 is 18.7 Å². The van der Waals surface area contributed by atoms with Crippen LogP contribution < -0.4 is 20.5 Å². The lowest BCUT2D eigenvalue weighted by molar-refractivity contribution is -0.120. The van der Waals surface area contributed by atoms with E-state index in [1.165, 1.54) is 61.6 Å². The Kier molecular flexibility index (Phi) is 8.16. The lowest BCUT2D eigenvalue weighted by Crippen LogP contribution is -2.31. The third kappa shape index (κ3) is 6.26. The number of hydrogen-bond donors (Lipinski definition) is 2. The number of halogens is 1. The van der Waals surface area contributed by atoms with Crippen LogP contribution in [0.1, 0.15) is 37.3 Å². The number of fused-ring (bicyclic) bond motifs is 1. The van der Waals surface area contributed by atoms with E-state index in [1.54, 1.807) is 25.6 Å². The number of benzene rings is 2. The molecular weight excluding hydrogens is 501 g/mol. The van der Waals surface area contributed by atoms with Crippen molar-refractivity contribution in [3.8, 4) is 11.5 Å². The van der Waals surface area contributed by atoms with Gasteiger partial charge in [-0.3, -0.25) is 9.48 Å². The number of methoxy groups -OCH3 is 1. The second-order valence-electron chi connectivity index (χ2n) is 9.54. The summed E-state index contributed by atoms with van der Waals surface area (Å²) in [7, 11) is 1.60. The third-order valence-corrected chi connectivity index (χ3v) is 6.81. The molecule has 3 N–H and O–H groups in total. The van der Waals surface area contributed by atoms with Gasteiger partial charge >= 0.3 is 0 Å². The molecule has 3 heterocycles. The zero-order chi connectivity index (χ0) is 27.2. The number of amides is 1. The van der Waals surface area contributed by atoms with Gasteiger partial charge in [-0.25, -0.2) is 14.4 Å². The minimum absolute atomic E-state index is 0.401. The number of hydrogen-bond acceptors (Lipinski definition) is 8. The van der Waals surface area contributed by atoms with E-state index in [2.05, 4.69) is 25.3 Å². The summed E-state index contributed by atoms with van der Waals surface area (Å²) in [4.78, 5) is 23.5. The van der Waals surface area contributed by atoms with Crippen LogP contribution in [-0.2, 0) is 4.79 Å². The topological polar surface area (TPSA) is 120 Å². The van der Waals surface area contributed by atoms with Crippen LogP contribution in [0.3, 0.4) is 0 Å². The molecule has 0 bridgehead atoms. The number of nitrogens with two attached hydrogens (primary N) is 1. The number of nitrogens with zero attached hydrogens (tertiary/aromatic N) is 5. The van der Waals surface area contributed by atoms with Gasteiger partial charge in [-0.2, -0.15) is 5.10 Å². The van der Waals surface area contributed by atoms with Gasteiger partial charge < -0.3 is 25.4 Å². The van der Waals surface area contributed by atoms with E-state index in [0.717, 1.165) is 18.4 Å². The molecule has 1 aliphatic heterocycles. The number of anilines is 2. The smallest absolute Gasteiger partial charge is 0.246 e. The first-order valence-corrected chi connectivity index (χ1v) is 13.1. The van der Waals surface area contributed by atoms with Crippen molar-refractivity contribution in [2.75, 3.05) is 38.7 Å². The highest BCUT2D eigenvalue weighted by atomic mass is 19.1. The Morgan fingerprint density at radius 1 is 1.15 bits per heavy atom. The lowest BCUT2D eigenvalue weighted by atomic mass is 10.1. The van der Waals surface area contributed by atoms with E-state index in [9.17, 15) is 9.18 Å². The van der Waals surface area contributed by atoms with Crippen molar-refractivity contribution in [1.82, 2.24) is 24.6 Å². The van der Waals surface area contributed by atoms with Crippen molar-refractivity contribution in [2.45, 2.75) is 31.7 Å². The zero-order valence-electron chi connectivity index (χ0n) is 21.8. The van der Waals surface area contributed by atoms with Crippen molar-refractivity contribution >= 4 is 28.3 Å². The van der Waals surface area contributed by atoms with Crippen LogP contribution in [-0.4, -0.2) is 63.9 Å². The number of rotatable bonds is 11. The summed E-state index contributed by atoms with van der Waals surface area (Å²) in [5, 5.41) is 8.23. The fourth-order valence-corrected chi connectivity index (χ4v) is 4.89. The summed E-state index contributed by atoms with van der Waals surface area (Å²) >= 11 is 0. The Hall–Kier alpha value is -4.25. The second-order valence-corrected chi connectivity index (χ2v) is 9.54. The maximum absolute atomic E-state index is 13.8. The average Bonchev–Trinajstić information content (AvgIpc) is 3.39. The molecule has 0 saturated carbocycles. The Labute approximate surface area is 225 Å². The van der Waals surface area contributed by atoms with Gasteiger partial charge in [0.2, 0.25) is 5.91 Å². The van der Waals surface area contributed by atoms with E-state index < -0.39 is 17.8 Å². The van der Waals surface area contributed by atoms with Crippen LogP contribution in [0.15, 0.2) is 55.1 Å². The number of nitrogens with one attached hydrogen (secondary N) is 1. The molecule has 204 valence electrons. The van der Waals surface area contributed by atoms with Gasteiger partial charge in [-0.15, -0.1) is 0 Å². The van der Waals surface area contributed by atoms with E-state index in [1.807, 2.05) is 12.1 Å². The maximum atomic E-state index is 13.8. The first kappa shape index (κ1) is 26.4. The largest absolute Gasteiger partial charge is 0.493 e. The number of ether oxygens (including phenoxy) is 2. The molecule has 1 unspecified atom stereocenters. The summed E-state index contributed by atoms with van der Waals surface area (Å²) in [6.45, 7) is 3.94. The van der Waals surface area contributed by atoms with Crippen LogP contribution in [0.5, 0.6) is 11.5 Å². The molecule has 1 fully saturated rings. The minimum atomic E-state index is -0.965. The van der Waals surface area contributed by atoms with Gasteiger partial charge in [0, 0.05) is 24.2 Å². The number of aromatic nitrogens is 4. The van der Waals surface area contributed by atoms with Crippen molar-refractivity contribution in [3.05, 3.63) is 66.5 Å². The van der Waals surface area contributed by atoms with Gasteiger partial charge in [-0.1, -0.05) is 18.6 Å². The van der Waals surface area contributed by atoms with Crippen LogP contribution in [0, 0.1) is 5.82 Å². The van der Waals surface area contributed by atoms with Crippen LogP contribution in [0.2, 0.25) is 0 Å². The number of carbonyl (C=O) groups is 1. The van der Waals surface area contributed by atoms with Crippen molar-refractivity contribution in [3.63, 3.8) is 0 Å². The fraction of sp³-hybridized carbons (Fsp3) is 0.357. The average molecular weight is 534 g/mol. The summed E-state index contributed by atoms with van der Waals surface area (Å²) in [6.07, 6.45) is 9.42. The standard InChI is InChI=1S/C28H32FN7O3/c1-38-24-14-22-23(15-25(24)39-12-6-11-35-9-3-2-4-10-35)31-18-32-28(22)34-21-16-33-36(17-21)26(27(30)37)19-7-5-8-20(29)13-19/h5,7-8,13-18,26H,2-4,6,9-12H2,1H3,(H2,30,37)(H,31,32,34). The molecule has 1 saturated heterocycles. The van der Waals surface area contributed by atoms with E-state index in [-0.39, 0.29) is 0 Å². The van der Waals surface area contributed by atoms with Gasteiger partial charge in [0.15, 0.2) is 17.5 Å². The second kappa shape index (κ2) is 12.1.